The molecule has 0 N–H and O–H groups in total. The first-order chi connectivity index (χ1) is 16.0. The number of hydrogen-bond donors (Lipinski definition) is 0. The van der Waals surface area contributed by atoms with Crippen LogP contribution in [0, 0.1) is 12.8 Å². The fraction of sp³-hybridized carbons (Fsp3) is 0.462. The lowest BCUT2D eigenvalue weighted by Crippen LogP contribution is -2.36. The van der Waals surface area contributed by atoms with E-state index in [1.807, 2.05) is 18.2 Å². The summed E-state index contributed by atoms with van der Waals surface area (Å²) in [4.78, 5) is 23.6. The van der Waals surface area contributed by atoms with Gasteiger partial charge < -0.3 is 18.6 Å². The summed E-state index contributed by atoms with van der Waals surface area (Å²) in [6.45, 7) is 3.21. The standard InChI is InChI=1S/C26H30O6S/c1-18-16-24(33-17-19-6-4-3-5-7-19)32-25(18)21-12-13-26(30-14-15-31-26)22(21)10-8-20(27)9-11-23(28)29-2/h3-7,9,11,16,21-22H,8,10,12-15,17H2,1-2H3/b11-9+/t21-,22+/m1/s1. The van der Waals surface area contributed by atoms with Crippen molar-refractivity contribution in [1.29, 1.82) is 0 Å². The summed E-state index contributed by atoms with van der Waals surface area (Å²) >= 11 is 1.69. The molecule has 2 heterocycles. The van der Waals surface area contributed by atoms with Gasteiger partial charge in [0.05, 0.1) is 20.3 Å². The Morgan fingerprint density at radius 3 is 2.67 bits per heavy atom. The van der Waals surface area contributed by atoms with Crippen molar-refractivity contribution in [2.75, 3.05) is 20.3 Å². The van der Waals surface area contributed by atoms with Gasteiger partial charge in [0.2, 0.25) is 0 Å². The van der Waals surface area contributed by atoms with Gasteiger partial charge >= 0.3 is 5.97 Å². The van der Waals surface area contributed by atoms with Crippen LogP contribution in [0.1, 0.15) is 48.5 Å². The van der Waals surface area contributed by atoms with Crippen LogP contribution in [-0.4, -0.2) is 37.9 Å². The first-order valence-electron chi connectivity index (χ1n) is 11.3. The minimum Gasteiger partial charge on any atom is -0.466 e. The van der Waals surface area contributed by atoms with Crippen molar-refractivity contribution in [1.82, 2.24) is 0 Å². The van der Waals surface area contributed by atoms with Crippen LogP contribution in [0.25, 0.3) is 0 Å². The van der Waals surface area contributed by atoms with Gasteiger partial charge in [0, 0.05) is 36.5 Å². The van der Waals surface area contributed by atoms with E-state index in [2.05, 4.69) is 29.9 Å². The van der Waals surface area contributed by atoms with Crippen molar-refractivity contribution in [2.24, 2.45) is 5.92 Å². The van der Waals surface area contributed by atoms with Crippen LogP contribution in [0.15, 0.2) is 58.1 Å². The first-order valence-corrected chi connectivity index (χ1v) is 12.3. The Balaban J connectivity index is 1.47. The lowest BCUT2D eigenvalue weighted by atomic mass is 9.85. The summed E-state index contributed by atoms with van der Waals surface area (Å²) in [7, 11) is 1.29. The normalized spacial score (nSPS) is 21.8. The van der Waals surface area contributed by atoms with Gasteiger partial charge in [-0.05, 0) is 43.0 Å². The molecule has 1 saturated carbocycles. The van der Waals surface area contributed by atoms with E-state index in [0.29, 0.717) is 26.1 Å². The molecule has 2 atom stereocenters. The van der Waals surface area contributed by atoms with Crippen LogP contribution in [0.4, 0.5) is 0 Å². The van der Waals surface area contributed by atoms with Crippen molar-refractivity contribution in [2.45, 2.75) is 55.2 Å². The SMILES string of the molecule is COC(=O)/C=C/C(=O)CC[C@H]1[C@H](c2oc(SCc3ccccc3)cc2C)CCC12OCCO2. The molecule has 1 aromatic carbocycles. The number of aryl methyl sites for hydroxylation is 1. The largest absolute Gasteiger partial charge is 0.466 e. The summed E-state index contributed by atoms with van der Waals surface area (Å²) < 4.78 is 23.1. The van der Waals surface area contributed by atoms with E-state index in [-0.39, 0.29) is 17.6 Å². The van der Waals surface area contributed by atoms with Crippen molar-refractivity contribution in [3.63, 3.8) is 0 Å². The molecule has 1 spiro atoms. The zero-order chi connectivity index (χ0) is 23.3. The van der Waals surface area contributed by atoms with Crippen molar-refractivity contribution < 1.29 is 28.2 Å². The second-order valence-corrected chi connectivity index (χ2v) is 9.49. The molecule has 2 fully saturated rings. The Labute approximate surface area is 198 Å². The number of hydrogen-bond acceptors (Lipinski definition) is 7. The van der Waals surface area contributed by atoms with Crippen LogP contribution in [-0.2, 0) is 29.6 Å². The number of carbonyl (C=O) groups is 2. The molecular weight excluding hydrogens is 440 g/mol. The number of ether oxygens (including phenoxy) is 3. The fourth-order valence-electron chi connectivity index (χ4n) is 4.86. The number of ketones is 1. The average molecular weight is 471 g/mol. The Bertz CT molecular complexity index is 989. The summed E-state index contributed by atoms with van der Waals surface area (Å²) in [5, 5.41) is 0.899. The highest BCUT2D eigenvalue weighted by Gasteiger charge is 2.54. The molecule has 7 heteroatoms. The summed E-state index contributed by atoms with van der Waals surface area (Å²) in [5.74, 6) is 0.622. The van der Waals surface area contributed by atoms with E-state index in [1.165, 1.54) is 24.8 Å². The van der Waals surface area contributed by atoms with Crippen LogP contribution >= 0.6 is 11.8 Å². The van der Waals surface area contributed by atoms with Crippen LogP contribution in [0.2, 0.25) is 0 Å². The number of benzene rings is 1. The molecule has 0 amide bonds. The highest BCUT2D eigenvalue weighted by molar-refractivity contribution is 7.98. The smallest absolute Gasteiger partial charge is 0.330 e. The highest BCUT2D eigenvalue weighted by Crippen LogP contribution is 2.53. The summed E-state index contributed by atoms with van der Waals surface area (Å²) in [5.41, 5.74) is 2.37. The molecule has 1 saturated heterocycles. The molecule has 1 aliphatic heterocycles. The van der Waals surface area contributed by atoms with Gasteiger partial charge in [-0.1, -0.05) is 42.1 Å². The molecule has 0 bridgehead atoms. The van der Waals surface area contributed by atoms with E-state index in [0.717, 1.165) is 35.0 Å². The number of rotatable bonds is 9. The highest BCUT2D eigenvalue weighted by atomic mass is 32.2. The third-order valence-corrected chi connectivity index (χ3v) is 7.40. The zero-order valence-electron chi connectivity index (χ0n) is 19.1. The predicted octanol–water partition coefficient (Wildman–Crippen LogP) is 5.20. The summed E-state index contributed by atoms with van der Waals surface area (Å²) in [6, 6.07) is 12.4. The van der Waals surface area contributed by atoms with Crippen molar-refractivity contribution in [3.8, 4) is 0 Å². The number of esters is 1. The topological polar surface area (TPSA) is 75.0 Å². The van der Waals surface area contributed by atoms with Gasteiger partial charge in [0.15, 0.2) is 16.7 Å². The maximum absolute atomic E-state index is 12.4. The molecule has 4 rings (SSSR count). The van der Waals surface area contributed by atoms with E-state index < -0.39 is 11.8 Å². The van der Waals surface area contributed by atoms with Gasteiger partial charge in [0.1, 0.15) is 5.76 Å². The minimum atomic E-state index is -0.659. The maximum atomic E-state index is 12.4. The van der Waals surface area contributed by atoms with Crippen LogP contribution in [0.3, 0.4) is 0 Å². The Morgan fingerprint density at radius 2 is 1.94 bits per heavy atom. The molecular formula is C26H30O6S. The van der Waals surface area contributed by atoms with E-state index >= 15 is 0 Å². The van der Waals surface area contributed by atoms with Crippen molar-refractivity contribution in [3.05, 3.63) is 65.4 Å². The number of furan rings is 1. The Hall–Kier alpha value is -2.35. The number of thioether (sulfide) groups is 1. The lowest BCUT2D eigenvalue weighted by Gasteiger charge is -2.31. The molecule has 6 nitrogen and oxygen atoms in total. The van der Waals surface area contributed by atoms with Crippen LogP contribution < -0.4 is 0 Å². The molecule has 176 valence electrons. The van der Waals surface area contributed by atoms with Gasteiger partial charge in [0.25, 0.3) is 0 Å². The lowest BCUT2D eigenvalue weighted by molar-refractivity contribution is -0.185. The number of methoxy groups -OCH3 is 1. The van der Waals surface area contributed by atoms with Crippen molar-refractivity contribution >= 4 is 23.5 Å². The third-order valence-electron chi connectivity index (χ3n) is 6.43. The zero-order valence-corrected chi connectivity index (χ0v) is 19.9. The second kappa shape index (κ2) is 10.7. The van der Waals surface area contributed by atoms with E-state index in [4.69, 9.17) is 13.9 Å². The molecule has 1 aromatic heterocycles. The fourth-order valence-corrected chi connectivity index (χ4v) is 5.77. The van der Waals surface area contributed by atoms with Gasteiger partial charge in [-0.3, -0.25) is 4.79 Å². The minimum absolute atomic E-state index is 0.00676. The molecule has 2 aliphatic rings. The van der Waals surface area contributed by atoms with Crippen LogP contribution in [0.5, 0.6) is 0 Å². The second-order valence-electron chi connectivity index (χ2n) is 8.51. The first kappa shape index (κ1) is 23.8. The van der Waals surface area contributed by atoms with E-state index in [9.17, 15) is 9.59 Å². The molecule has 33 heavy (non-hydrogen) atoms. The quantitative estimate of drug-likeness (QED) is 0.283. The molecule has 0 radical (unpaired) electrons. The molecule has 0 unspecified atom stereocenters. The maximum Gasteiger partial charge on any atom is 0.330 e. The van der Waals surface area contributed by atoms with Gasteiger partial charge in [-0.25, -0.2) is 4.79 Å². The Kier molecular flexibility index (Phi) is 7.73. The predicted molar refractivity (Wildman–Crippen MR) is 125 cm³/mol. The third kappa shape index (κ3) is 5.60. The van der Waals surface area contributed by atoms with Gasteiger partial charge in [-0.15, -0.1) is 0 Å². The summed E-state index contributed by atoms with van der Waals surface area (Å²) in [6.07, 6.45) is 5.02. The molecule has 2 aromatic rings. The Morgan fingerprint density at radius 1 is 1.18 bits per heavy atom. The number of allylic oxidation sites excluding steroid dienone is 1. The monoisotopic (exact) mass is 470 g/mol. The van der Waals surface area contributed by atoms with Gasteiger partial charge in [-0.2, -0.15) is 0 Å². The van der Waals surface area contributed by atoms with E-state index in [1.54, 1.807) is 11.8 Å². The number of carbonyl (C=O) groups excluding carboxylic acids is 2. The average Bonchev–Trinajstić information content (AvgIpc) is 3.55. The molecule has 1 aliphatic carbocycles.